The molecule has 0 aromatic carbocycles. The average molecular weight is 569 g/mol. The standard InChI is InChI=1S/C29H44O11/c1-25-6-3-16(39-24-23(34)22(33)21(32)19(13-30)40-24)12-27(25,35)8-5-18-17(25)4-7-26(2)28(36,9-10-29(18,26)37)15-11-20(31)38-14-15/h11,16-19,21-24,30,32-37H,3-10,12-14H2,1-2H3. The Balaban J connectivity index is 1.21. The number of hydrogen-bond donors (Lipinski definition) is 7. The average Bonchev–Trinajstić information content (AvgIpc) is 3.45. The van der Waals surface area contributed by atoms with Gasteiger partial charge in [0, 0.05) is 23.5 Å². The van der Waals surface area contributed by atoms with Gasteiger partial charge in [-0.15, -0.1) is 0 Å². The van der Waals surface area contributed by atoms with Crippen LogP contribution in [0.1, 0.15) is 71.6 Å². The topological polar surface area (TPSA) is 186 Å². The van der Waals surface area contributed by atoms with E-state index in [-0.39, 0.29) is 24.9 Å². The number of aliphatic hydroxyl groups excluding tert-OH is 4. The highest BCUT2D eigenvalue weighted by Crippen LogP contribution is 2.71. The van der Waals surface area contributed by atoms with Crippen LogP contribution in [0.5, 0.6) is 0 Å². The van der Waals surface area contributed by atoms with Crippen LogP contribution in [0.25, 0.3) is 0 Å². The first-order valence-corrected chi connectivity index (χ1v) is 14.7. The maximum atomic E-state index is 12.4. The highest BCUT2D eigenvalue weighted by Gasteiger charge is 2.74. The summed E-state index contributed by atoms with van der Waals surface area (Å²) >= 11 is 0. The maximum Gasteiger partial charge on any atom is 0.331 e. The van der Waals surface area contributed by atoms with Crippen LogP contribution < -0.4 is 0 Å². The highest BCUT2D eigenvalue weighted by molar-refractivity contribution is 5.86. The van der Waals surface area contributed by atoms with Crippen molar-refractivity contribution >= 4 is 5.97 Å². The third-order valence-corrected chi connectivity index (χ3v) is 12.5. The fourth-order valence-corrected chi connectivity index (χ4v) is 9.81. The minimum absolute atomic E-state index is 0.00956. The van der Waals surface area contributed by atoms with Crippen LogP contribution in [-0.4, -0.2) is 109 Å². The van der Waals surface area contributed by atoms with Gasteiger partial charge in [0.25, 0.3) is 0 Å². The van der Waals surface area contributed by atoms with Gasteiger partial charge in [0.15, 0.2) is 6.29 Å². The molecule has 6 rings (SSSR count). The van der Waals surface area contributed by atoms with Crippen molar-refractivity contribution in [3.05, 3.63) is 11.6 Å². The lowest BCUT2D eigenvalue weighted by molar-refractivity contribution is -0.325. The van der Waals surface area contributed by atoms with Gasteiger partial charge < -0.3 is 50.0 Å². The Morgan fingerprint density at radius 3 is 2.33 bits per heavy atom. The lowest BCUT2D eigenvalue weighted by Crippen LogP contribution is -2.69. The van der Waals surface area contributed by atoms with Gasteiger partial charge in [-0.25, -0.2) is 4.79 Å². The third-order valence-electron chi connectivity index (χ3n) is 12.5. The van der Waals surface area contributed by atoms with Crippen molar-refractivity contribution in [2.75, 3.05) is 13.2 Å². The molecule has 5 fully saturated rings. The molecule has 2 aliphatic heterocycles. The Hall–Kier alpha value is -1.15. The first-order chi connectivity index (χ1) is 18.7. The fraction of sp³-hybridized carbons (Fsp3) is 0.897. The largest absolute Gasteiger partial charge is 0.458 e. The summed E-state index contributed by atoms with van der Waals surface area (Å²) in [6.45, 7) is 3.53. The van der Waals surface area contributed by atoms with Crippen LogP contribution in [-0.2, 0) is 19.0 Å². The van der Waals surface area contributed by atoms with Gasteiger partial charge in [0.1, 0.15) is 31.0 Å². The van der Waals surface area contributed by atoms with E-state index < -0.39 is 77.0 Å². The number of esters is 1. The van der Waals surface area contributed by atoms with E-state index in [0.29, 0.717) is 56.9 Å². The Morgan fingerprint density at radius 2 is 1.65 bits per heavy atom. The zero-order valence-corrected chi connectivity index (χ0v) is 23.2. The van der Waals surface area contributed by atoms with Crippen LogP contribution in [0.15, 0.2) is 11.6 Å². The quantitative estimate of drug-likeness (QED) is 0.174. The summed E-state index contributed by atoms with van der Waals surface area (Å²) in [5.41, 5.74) is -4.42. The molecule has 7 N–H and O–H groups in total. The van der Waals surface area contributed by atoms with E-state index in [0.717, 1.165) is 0 Å². The summed E-state index contributed by atoms with van der Waals surface area (Å²) in [6.07, 6.45) is -1.45. The van der Waals surface area contributed by atoms with Crippen molar-refractivity contribution in [3.63, 3.8) is 0 Å². The van der Waals surface area contributed by atoms with E-state index in [2.05, 4.69) is 6.92 Å². The molecule has 40 heavy (non-hydrogen) atoms. The number of carbonyl (C=O) groups is 1. The Bertz CT molecular complexity index is 1060. The number of hydrogen-bond acceptors (Lipinski definition) is 11. The summed E-state index contributed by atoms with van der Waals surface area (Å²) in [5, 5.41) is 76.6. The first kappa shape index (κ1) is 28.9. The normalized spacial score (nSPS) is 56.1. The van der Waals surface area contributed by atoms with Crippen molar-refractivity contribution in [1.82, 2.24) is 0 Å². The summed E-state index contributed by atoms with van der Waals surface area (Å²) in [6, 6.07) is 0. The third kappa shape index (κ3) is 3.72. The van der Waals surface area contributed by atoms with Crippen molar-refractivity contribution in [3.8, 4) is 0 Å². The molecule has 11 heteroatoms. The summed E-state index contributed by atoms with van der Waals surface area (Å²) in [4.78, 5) is 11.8. The zero-order chi connectivity index (χ0) is 28.9. The molecular weight excluding hydrogens is 524 g/mol. The predicted molar refractivity (Wildman–Crippen MR) is 137 cm³/mol. The van der Waals surface area contributed by atoms with Crippen molar-refractivity contribution in [2.45, 2.75) is 125 Å². The molecule has 4 aliphatic carbocycles. The number of aliphatic hydroxyl groups is 7. The predicted octanol–water partition coefficient (Wildman–Crippen LogP) is -0.342. The Labute approximate surface area is 233 Å². The number of ether oxygens (including phenoxy) is 3. The number of fused-ring (bicyclic) bond motifs is 5. The van der Waals surface area contributed by atoms with Crippen LogP contribution in [0.2, 0.25) is 0 Å². The Kier molecular flexibility index (Phi) is 6.82. The zero-order valence-electron chi connectivity index (χ0n) is 23.2. The van der Waals surface area contributed by atoms with Gasteiger partial charge in [-0.1, -0.05) is 13.8 Å². The number of rotatable bonds is 4. The molecule has 6 aliphatic rings. The van der Waals surface area contributed by atoms with Gasteiger partial charge >= 0.3 is 5.97 Å². The minimum Gasteiger partial charge on any atom is -0.458 e. The Morgan fingerprint density at radius 1 is 0.925 bits per heavy atom. The molecule has 0 amide bonds. The van der Waals surface area contributed by atoms with E-state index in [4.69, 9.17) is 14.2 Å². The molecule has 0 spiro atoms. The SMILES string of the molecule is CC12CCC(OC3OC(CO)C(O)C(O)C3O)CC1(O)CCC1C2CCC2(C)C(O)(C3=CC(=O)OC3)CCC12O. The van der Waals surface area contributed by atoms with Gasteiger partial charge in [0.2, 0.25) is 0 Å². The molecule has 2 heterocycles. The van der Waals surface area contributed by atoms with E-state index in [9.17, 15) is 40.5 Å². The molecule has 0 aromatic heterocycles. The van der Waals surface area contributed by atoms with Crippen LogP contribution in [0.4, 0.5) is 0 Å². The molecular formula is C29H44O11. The van der Waals surface area contributed by atoms with Crippen LogP contribution >= 0.6 is 0 Å². The molecule has 226 valence electrons. The first-order valence-electron chi connectivity index (χ1n) is 14.7. The second-order valence-electron chi connectivity index (χ2n) is 13.8. The summed E-state index contributed by atoms with van der Waals surface area (Å²) in [5.74, 6) is -0.587. The van der Waals surface area contributed by atoms with E-state index in [1.54, 1.807) is 0 Å². The van der Waals surface area contributed by atoms with E-state index in [1.807, 2.05) is 6.92 Å². The van der Waals surface area contributed by atoms with Crippen molar-refractivity contribution in [2.24, 2.45) is 22.7 Å². The van der Waals surface area contributed by atoms with Crippen LogP contribution in [0, 0.1) is 22.7 Å². The van der Waals surface area contributed by atoms with Gasteiger partial charge in [-0.2, -0.15) is 0 Å². The second kappa shape index (κ2) is 9.42. The molecule has 0 radical (unpaired) electrons. The van der Waals surface area contributed by atoms with E-state index >= 15 is 0 Å². The molecule has 11 nitrogen and oxygen atoms in total. The van der Waals surface area contributed by atoms with Gasteiger partial charge in [-0.3, -0.25) is 0 Å². The second-order valence-corrected chi connectivity index (χ2v) is 13.8. The summed E-state index contributed by atoms with van der Waals surface area (Å²) in [7, 11) is 0. The van der Waals surface area contributed by atoms with Crippen LogP contribution in [0.3, 0.4) is 0 Å². The smallest absolute Gasteiger partial charge is 0.331 e. The molecule has 0 aromatic rings. The lowest BCUT2D eigenvalue weighted by atomic mass is 9.41. The highest BCUT2D eigenvalue weighted by atomic mass is 16.7. The molecule has 4 saturated carbocycles. The maximum absolute atomic E-state index is 12.4. The van der Waals surface area contributed by atoms with Gasteiger partial charge in [-0.05, 0) is 68.6 Å². The minimum atomic E-state index is -1.53. The number of carbonyl (C=O) groups excluding carboxylic acids is 1. The monoisotopic (exact) mass is 568 g/mol. The van der Waals surface area contributed by atoms with Crippen molar-refractivity contribution < 1.29 is 54.8 Å². The van der Waals surface area contributed by atoms with E-state index in [1.165, 1.54) is 6.08 Å². The fourth-order valence-electron chi connectivity index (χ4n) is 9.81. The summed E-state index contributed by atoms with van der Waals surface area (Å²) < 4.78 is 16.7. The van der Waals surface area contributed by atoms with Crippen molar-refractivity contribution in [1.29, 1.82) is 0 Å². The van der Waals surface area contributed by atoms with Gasteiger partial charge in [0.05, 0.1) is 29.5 Å². The molecule has 1 saturated heterocycles. The molecule has 13 atom stereocenters. The molecule has 0 bridgehead atoms. The lowest BCUT2D eigenvalue weighted by Gasteiger charge is -2.66. The number of cyclic esters (lactones) is 1. The molecule has 13 unspecified atom stereocenters.